The highest BCUT2D eigenvalue weighted by Crippen LogP contribution is 2.40. The zero-order chi connectivity index (χ0) is 19.6. The maximum atomic E-state index is 13.7. The van der Waals surface area contributed by atoms with Crippen molar-refractivity contribution in [2.24, 2.45) is 5.73 Å². The smallest absolute Gasteiger partial charge is 0.237 e. The van der Waals surface area contributed by atoms with Crippen molar-refractivity contribution in [3.63, 3.8) is 0 Å². The number of carbonyl (C=O) groups is 2. The van der Waals surface area contributed by atoms with Crippen molar-refractivity contribution in [2.45, 2.75) is 49.1 Å². The first-order valence-electron chi connectivity index (χ1n) is 8.49. The van der Waals surface area contributed by atoms with Crippen LogP contribution in [0.3, 0.4) is 0 Å². The molecule has 3 N–H and O–H groups in total. The number of thioether (sulfide) groups is 1. The van der Waals surface area contributed by atoms with Crippen LogP contribution in [-0.2, 0) is 16.1 Å². The summed E-state index contributed by atoms with van der Waals surface area (Å²) in [5.74, 6) is -1.35. The molecule has 1 aromatic heterocycles. The molecule has 27 heavy (non-hydrogen) atoms. The van der Waals surface area contributed by atoms with Gasteiger partial charge in [0.05, 0.1) is 10.9 Å². The number of hydrogen-bond donors (Lipinski definition) is 2. The van der Waals surface area contributed by atoms with Gasteiger partial charge in [0.1, 0.15) is 17.5 Å². The van der Waals surface area contributed by atoms with E-state index in [1.54, 1.807) is 6.92 Å². The number of amides is 2. The summed E-state index contributed by atoms with van der Waals surface area (Å²) in [6, 6.07) is 2.94. The fourth-order valence-corrected chi connectivity index (χ4v) is 3.38. The molecular formula is C17H19F2N5O2S. The molecule has 1 aliphatic carbocycles. The Hall–Kier alpha value is -2.49. The van der Waals surface area contributed by atoms with Gasteiger partial charge in [-0.25, -0.2) is 8.78 Å². The first-order chi connectivity index (χ1) is 12.8. The number of aromatic nitrogens is 3. The van der Waals surface area contributed by atoms with E-state index in [2.05, 4.69) is 15.5 Å². The van der Waals surface area contributed by atoms with E-state index in [0.717, 1.165) is 36.5 Å². The van der Waals surface area contributed by atoms with E-state index in [1.807, 2.05) is 4.57 Å². The minimum atomic E-state index is -0.846. The van der Waals surface area contributed by atoms with Gasteiger partial charge in [-0.05, 0) is 31.9 Å². The van der Waals surface area contributed by atoms with Gasteiger partial charge in [-0.1, -0.05) is 11.8 Å². The Morgan fingerprint density at radius 3 is 2.74 bits per heavy atom. The molecule has 3 rings (SSSR count). The third kappa shape index (κ3) is 4.82. The normalized spacial score (nSPS) is 14.8. The number of carbonyl (C=O) groups excluding carboxylic acids is 2. The van der Waals surface area contributed by atoms with Crippen molar-refractivity contribution < 1.29 is 18.4 Å². The largest absolute Gasteiger partial charge is 0.370 e. The molecule has 0 radical (unpaired) electrons. The molecule has 0 aliphatic heterocycles. The van der Waals surface area contributed by atoms with E-state index in [9.17, 15) is 18.4 Å². The van der Waals surface area contributed by atoms with Crippen LogP contribution in [0.25, 0.3) is 0 Å². The summed E-state index contributed by atoms with van der Waals surface area (Å²) < 4.78 is 28.5. The van der Waals surface area contributed by atoms with Crippen LogP contribution in [0.1, 0.15) is 37.9 Å². The van der Waals surface area contributed by atoms with Crippen LogP contribution in [0.2, 0.25) is 0 Å². The van der Waals surface area contributed by atoms with E-state index in [0.29, 0.717) is 23.7 Å². The highest BCUT2D eigenvalue weighted by atomic mass is 32.2. The summed E-state index contributed by atoms with van der Waals surface area (Å²) in [6.45, 7) is 1.99. The lowest BCUT2D eigenvalue weighted by Gasteiger charge is -2.13. The molecule has 1 unspecified atom stereocenters. The van der Waals surface area contributed by atoms with Crippen LogP contribution in [0.4, 0.5) is 14.5 Å². The fraction of sp³-hybridized carbons (Fsp3) is 0.412. The van der Waals surface area contributed by atoms with Crippen LogP contribution in [0.5, 0.6) is 0 Å². The van der Waals surface area contributed by atoms with Crippen LogP contribution in [0.15, 0.2) is 23.4 Å². The van der Waals surface area contributed by atoms with Crippen molar-refractivity contribution in [3.8, 4) is 0 Å². The first-order valence-corrected chi connectivity index (χ1v) is 9.37. The lowest BCUT2D eigenvalue weighted by Crippen LogP contribution is -2.24. The Kier molecular flexibility index (Phi) is 5.73. The van der Waals surface area contributed by atoms with Crippen molar-refractivity contribution in [1.82, 2.24) is 14.8 Å². The summed E-state index contributed by atoms with van der Waals surface area (Å²) in [6.07, 6.45) is 2.17. The predicted molar refractivity (Wildman–Crippen MR) is 96.1 cm³/mol. The molecule has 0 spiro atoms. The second-order valence-corrected chi connectivity index (χ2v) is 7.66. The summed E-state index contributed by atoms with van der Waals surface area (Å²) >= 11 is 1.15. The third-order valence-electron chi connectivity index (χ3n) is 4.11. The standard InChI is InChI=1S/C17H19F2N5O2S/c1-9(16(26)21-13-5-4-11(18)8-12(13)19)27-17-23-22-15(10-2-3-10)24(17)7-6-14(20)25/h4-5,8-10H,2-3,6-7H2,1H3,(H2,20,25)(H,21,26). The van der Waals surface area contributed by atoms with E-state index in [4.69, 9.17) is 5.73 Å². The molecule has 1 heterocycles. The number of halogens is 2. The van der Waals surface area contributed by atoms with Crippen LogP contribution in [0, 0.1) is 11.6 Å². The fourth-order valence-electron chi connectivity index (χ4n) is 2.50. The lowest BCUT2D eigenvalue weighted by atomic mass is 10.3. The monoisotopic (exact) mass is 395 g/mol. The van der Waals surface area contributed by atoms with Gasteiger partial charge < -0.3 is 15.6 Å². The molecule has 1 aliphatic rings. The highest BCUT2D eigenvalue weighted by molar-refractivity contribution is 8.00. The van der Waals surface area contributed by atoms with Gasteiger partial charge in [0, 0.05) is 24.9 Å². The summed E-state index contributed by atoms with van der Waals surface area (Å²) in [4.78, 5) is 23.5. The van der Waals surface area contributed by atoms with E-state index >= 15 is 0 Å². The minimum Gasteiger partial charge on any atom is -0.370 e. The molecular weight excluding hydrogens is 376 g/mol. The average molecular weight is 395 g/mol. The third-order valence-corrected chi connectivity index (χ3v) is 5.19. The van der Waals surface area contributed by atoms with E-state index in [1.165, 1.54) is 6.07 Å². The Bertz CT molecular complexity index is 869. The summed E-state index contributed by atoms with van der Waals surface area (Å²) in [5, 5.41) is 10.6. The summed E-state index contributed by atoms with van der Waals surface area (Å²) in [7, 11) is 0. The number of nitrogens with two attached hydrogens (primary N) is 1. The second-order valence-electron chi connectivity index (χ2n) is 6.36. The molecule has 144 valence electrons. The number of primary amides is 1. The van der Waals surface area contributed by atoms with Gasteiger partial charge in [-0.3, -0.25) is 9.59 Å². The van der Waals surface area contributed by atoms with Crippen LogP contribution >= 0.6 is 11.8 Å². The van der Waals surface area contributed by atoms with E-state index in [-0.39, 0.29) is 12.1 Å². The SMILES string of the molecule is CC(Sc1nnc(C2CC2)n1CCC(N)=O)C(=O)Nc1ccc(F)cc1F. The van der Waals surface area contributed by atoms with Gasteiger partial charge in [0.15, 0.2) is 5.16 Å². The highest BCUT2D eigenvalue weighted by Gasteiger charge is 2.31. The number of nitrogens with one attached hydrogen (secondary N) is 1. The number of anilines is 1. The molecule has 2 aromatic rings. The predicted octanol–water partition coefficient (Wildman–Crippen LogP) is 2.43. The molecule has 1 fully saturated rings. The maximum absolute atomic E-state index is 13.7. The molecule has 7 nitrogen and oxygen atoms in total. The Labute approximate surface area is 158 Å². The van der Waals surface area contributed by atoms with Gasteiger partial charge >= 0.3 is 0 Å². The quantitative estimate of drug-likeness (QED) is 0.668. The Morgan fingerprint density at radius 1 is 1.37 bits per heavy atom. The van der Waals surface area contributed by atoms with Gasteiger partial charge in [0.2, 0.25) is 11.8 Å². The van der Waals surface area contributed by atoms with Crippen LogP contribution < -0.4 is 11.1 Å². The van der Waals surface area contributed by atoms with Crippen LogP contribution in [-0.4, -0.2) is 31.8 Å². The molecule has 1 aromatic carbocycles. The van der Waals surface area contributed by atoms with Gasteiger partial charge in [-0.2, -0.15) is 0 Å². The minimum absolute atomic E-state index is 0.0947. The van der Waals surface area contributed by atoms with Crippen molar-refractivity contribution in [1.29, 1.82) is 0 Å². The molecule has 2 amide bonds. The zero-order valence-electron chi connectivity index (χ0n) is 14.6. The van der Waals surface area contributed by atoms with Crippen molar-refractivity contribution in [3.05, 3.63) is 35.7 Å². The average Bonchev–Trinajstić information content (AvgIpc) is 3.37. The summed E-state index contributed by atoms with van der Waals surface area (Å²) in [5.41, 5.74) is 5.14. The van der Waals surface area contributed by atoms with Crippen molar-refractivity contribution >= 4 is 29.3 Å². The van der Waals surface area contributed by atoms with E-state index < -0.39 is 28.7 Å². The molecule has 10 heteroatoms. The van der Waals surface area contributed by atoms with Gasteiger partial charge in [-0.15, -0.1) is 10.2 Å². The first kappa shape index (κ1) is 19.3. The lowest BCUT2D eigenvalue weighted by molar-refractivity contribution is -0.118. The topological polar surface area (TPSA) is 103 Å². The number of hydrogen-bond acceptors (Lipinski definition) is 5. The molecule has 1 saturated carbocycles. The Morgan fingerprint density at radius 2 is 2.11 bits per heavy atom. The number of benzene rings is 1. The van der Waals surface area contributed by atoms with Gasteiger partial charge in [0.25, 0.3) is 0 Å². The zero-order valence-corrected chi connectivity index (χ0v) is 15.4. The Balaban J connectivity index is 1.70. The van der Waals surface area contributed by atoms with Crippen molar-refractivity contribution in [2.75, 3.05) is 5.32 Å². The number of nitrogens with zero attached hydrogens (tertiary/aromatic N) is 3. The number of rotatable bonds is 8. The second kappa shape index (κ2) is 8.03. The molecule has 0 saturated heterocycles. The maximum Gasteiger partial charge on any atom is 0.237 e. The molecule has 0 bridgehead atoms. The molecule has 1 atom stereocenters.